The maximum atomic E-state index is 11.9. The van der Waals surface area contributed by atoms with E-state index < -0.39 is 0 Å². The summed E-state index contributed by atoms with van der Waals surface area (Å²) in [5.41, 5.74) is 0. The van der Waals surface area contributed by atoms with E-state index in [1.807, 2.05) is 17.2 Å². The van der Waals surface area contributed by atoms with E-state index in [9.17, 15) is 4.79 Å². The third-order valence-corrected chi connectivity index (χ3v) is 2.84. The van der Waals surface area contributed by atoms with Crippen LogP contribution in [-0.2, 0) is 11.3 Å². The van der Waals surface area contributed by atoms with Crippen LogP contribution < -0.4 is 5.32 Å². The van der Waals surface area contributed by atoms with Gasteiger partial charge in [0.15, 0.2) is 0 Å². The number of hydrogen-bond donors (Lipinski definition) is 1. The van der Waals surface area contributed by atoms with Gasteiger partial charge in [0.25, 0.3) is 0 Å². The van der Waals surface area contributed by atoms with Crippen molar-refractivity contribution in [1.82, 2.24) is 20.0 Å². The van der Waals surface area contributed by atoms with Gasteiger partial charge in [-0.05, 0) is 13.0 Å². The van der Waals surface area contributed by atoms with Crippen molar-refractivity contribution >= 4 is 30.7 Å². The molecule has 0 aliphatic carbocycles. The summed E-state index contributed by atoms with van der Waals surface area (Å²) >= 11 is 0. The summed E-state index contributed by atoms with van der Waals surface area (Å²) in [6, 6.07) is 2.28. The number of amides is 1. The molecule has 0 radical (unpaired) electrons. The monoisotopic (exact) mass is 294 g/mol. The first-order valence-electron chi connectivity index (χ1n) is 5.74. The summed E-state index contributed by atoms with van der Waals surface area (Å²) < 4.78 is 1.80. The number of aromatic nitrogens is 2. The zero-order chi connectivity index (χ0) is 11.4. The molecule has 1 atom stereocenters. The van der Waals surface area contributed by atoms with Gasteiger partial charge in [-0.2, -0.15) is 5.10 Å². The molecule has 104 valence electrons. The average Bonchev–Trinajstić information content (AvgIpc) is 2.78. The second-order valence-corrected chi connectivity index (χ2v) is 4.21. The van der Waals surface area contributed by atoms with Gasteiger partial charge in [0, 0.05) is 51.0 Å². The van der Waals surface area contributed by atoms with Gasteiger partial charge in [-0.25, -0.2) is 0 Å². The number of nitrogens with zero attached hydrogens (tertiary/aromatic N) is 3. The van der Waals surface area contributed by atoms with Crippen molar-refractivity contribution in [3.8, 4) is 0 Å². The Morgan fingerprint density at radius 3 is 2.89 bits per heavy atom. The summed E-state index contributed by atoms with van der Waals surface area (Å²) in [5, 5.41) is 7.41. The largest absolute Gasteiger partial charge is 0.340 e. The summed E-state index contributed by atoms with van der Waals surface area (Å²) in [5.74, 6) is 0.226. The molecule has 2 rings (SSSR count). The molecule has 0 bridgehead atoms. The second-order valence-electron chi connectivity index (χ2n) is 4.21. The molecule has 1 N–H and O–H groups in total. The molecule has 0 spiro atoms. The molecule has 1 fully saturated rings. The van der Waals surface area contributed by atoms with Crippen LogP contribution in [0, 0.1) is 0 Å². The lowest BCUT2D eigenvalue weighted by molar-refractivity contribution is -0.132. The number of nitrogens with one attached hydrogen (secondary N) is 1. The lowest BCUT2D eigenvalue weighted by Gasteiger charge is -2.31. The number of hydrogen-bond acceptors (Lipinski definition) is 3. The molecule has 1 aromatic heterocycles. The van der Waals surface area contributed by atoms with E-state index in [4.69, 9.17) is 0 Å². The molecule has 1 saturated heterocycles. The minimum atomic E-state index is 0. The molecule has 5 nitrogen and oxygen atoms in total. The standard InChI is InChI=1S/C11H18N4O.2ClH/c1-10-9-14(8-5-12-10)11(16)3-7-15-6-2-4-13-15;;/h2,4,6,10,12H,3,5,7-9H2,1H3;2*1H. The van der Waals surface area contributed by atoms with Crippen molar-refractivity contribution in [3.63, 3.8) is 0 Å². The Morgan fingerprint density at radius 1 is 1.50 bits per heavy atom. The molecule has 0 saturated carbocycles. The number of halogens is 2. The number of piperazine rings is 1. The normalized spacial score (nSPS) is 18.7. The van der Waals surface area contributed by atoms with E-state index in [2.05, 4.69) is 17.3 Å². The highest BCUT2D eigenvalue weighted by atomic mass is 35.5. The van der Waals surface area contributed by atoms with Crippen LogP contribution in [0.5, 0.6) is 0 Å². The van der Waals surface area contributed by atoms with Crippen LogP contribution in [0.1, 0.15) is 13.3 Å². The third-order valence-electron chi connectivity index (χ3n) is 2.84. The Balaban J connectivity index is 0.00000144. The van der Waals surface area contributed by atoms with Gasteiger partial charge in [-0.15, -0.1) is 24.8 Å². The maximum absolute atomic E-state index is 11.9. The lowest BCUT2D eigenvalue weighted by Crippen LogP contribution is -2.51. The van der Waals surface area contributed by atoms with Crippen molar-refractivity contribution in [3.05, 3.63) is 18.5 Å². The summed E-state index contributed by atoms with van der Waals surface area (Å²) in [6.45, 7) is 5.31. The number of carbonyl (C=O) groups is 1. The molecular formula is C11H20Cl2N4O. The average molecular weight is 295 g/mol. The highest BCUT2D eigenvalue weighted by Crippen LogP contribution is 2.02. The number of aryl methyl sites for hydroxylation is 1. The van der Waals surface area contributed by atoms with E-state index in [0.717, 1.165) is 19.6 Å². The van der Waals surface area contributed by atoms with Crippen molar-refractivity contribution in [2.45, 2.75) is 25.9 Å². The van der Waals surface area contributed by atoms with Crippen LogP contribution in [0.25, 0.3) is 0 Å². The first-order valence-corrected chi connectivity index (χ1v) is 5.74. The van der Waals surface area contributed by atoms with Gasteiger partial charge < -0.3 is 10.2 Å². The van der Waals surface area contributed by atoms with Crippen molar-refractivity contribution < 1.29 is 4.79 Å². The SMILES string of the molecule is CC1CN(C(=O)CCn2cccn2)CCN1.Cl.Cl. The number of rotatable bonds is 3. The van der Waals surface area contributed by atoms with Gasteiger partial charge >= 0.3 is 0 Å². The van der Waals surface area contributed by atoms with E-state index in [0.29, 0.717) is 19.0 Å². The van der Waals surface area contributed by atoms with Crippen molar-refractivity contribution in [1.29, 1.82) is 0 Å². The highest BCUT2D eigenvalue weighted by Gasteiger charge is 2.19. The first-order chi connectivity index (χ1) is 7.75. The molecule has 1 unspecified atom stereocenters. The van der Waals surface area contributed by atoms with Crippen LogP contribution in [0.4, 0.5) is 0 Å². The van der Waals surface area contributed by atoms with Gasteiger partial charge in [-0.1, -0.05) is 0 Å². The Hall–Kier alpha value is -0.780. The van der Waals surface area contributed by atoms with E-state index in [1.54, 1.807) is 10.9 Å². The highest BCUT2D eigenvalue weighted by molar-refractivity contribution is 5.85. The zero-order valence-corrected chi connectivity index (χ0v) is 12.0. The lowest BCUT2D eigenvalue weighted by atomic mass is 10.2. The van der Waals surface area contributed by atoms with Gasteiger partial charge in [0.2, 0.25) is 5.91 Å². The summed E-state index contributed by atoms with van der Waals surface area (Å²) in [6.07, 6.45) is 4.15. The fraction of sp³-hybridized carbons (Fsp3) is 0.636. The maximum Gasteiger partial charge on any atom is 0.224 e. The van der Waals surface area contributed by atoms with Gasteiger partial charge in [0.05, 0.1) is 0 Å². The van der Waals surface area contributed by atoms with Crippen LogP contribution in [0.15, 0.2) is 18.5 Å². The Bertz CT molecular complexity index is 345. The molecule has 1 aliphatic rings. The van der Waals surface area contributed by atoms with Crippen LogP contribution in [0.2, 0.25) is 0 Å². The molecule has 7 heteroatoms. The fourth-order valence-corrected chi connectivity index (χ4v) is 1.96. The van der Waals surface area contributed by atoms with Crippen LogP contribution in [-0.4, -0.2) is 46.3 Å². The quantitative estimate of drug-likeness (QED) is 0.903. The Kier molecular flexibility index (Phi) is 7.98. The minimum absolute atomic E-state index is 0. The molecule has 0 aromatic carbocycles. The molecular weight excluding hydrogens is 275 g/mol. The predicted molar refractivity (Wildman–Crippen MR) is 75.4 cm³/mol. The molecule has 1 aromatic rings. The molecule has 18 heavy (non-hydrogen) atoms. The topological polar surface area (TPSA) is 50.2 Å². The third kappa shape index (κ3) is 4.84. The van der Waals surface area contributed by atoms with Gasteiger partial charge in [0.1, 0.15) is 0 Å². The smallest absolute Gasteiger partial charge is 0.224 e. The first kappa shape index (κ1) is 17.2. The Morgan fingerprint density at radius 2 is 2.28 bits per heavy atom. The van der Waals surface area contributed by atoms with E-state index in [1.165, 1.54) is 0 Å². The molecule has 1 aliphatic heterocycles. The minimum Gasteiger partial charge on any atom is -0.340 e. The van der Waals surface area contributed by atoms with E-state index >= 15 is 0 Å². The number of carbonyl (C=O) groups excluding carboxylic acids is 1. The summed E-state index contributed by atoms with van der Waals surface area (Å²) in [7, 11) is 0. The van der Waals surface area contributed by atoms with Crippen LogP contribution in [0.3, 0.4) is 0 Å². The predicted octanol–water partition coefficient (Wildman–Crippen LogP) is 0.937. The molecule has 1 amide bonds. The van der Waals surface area contributed by atoms with Crippen molar-refractivity contribution in [2.75, 3.05) is 19.6 Å². The second kappa shape index (κ2) is 8.34. The van der Waals surface area contributed by atoms with E-state index in [-0.39, 0.29) is 30.7 Å². The fourth-order valence-electron chi connectivity index (χ4n) is 1.96. The zero-order valence-electron chi connectivity index (χ0n) is 10.4. The molecule has 2 heterocycles. The van der Waals surface area contributed by atoms with Crippen LogP contribution >= 0.6 is 24.8 Å². The van der Waals surface area contributed by atoms with Gasteiger partial charge in [-0.3, -0.25) is 9.48 Å². The Labute approximate surface area is 120 Å². The summed E-state index contributed by atoms with van der Waals surface area (Å²) in [4.78, 5) is 13.8. The van der Waals surface area contributed by atoms with Crippen molar-refractivity contribution in [2.24, 2.45) is 0 Å².